The molecule has 0 bridgehead atoms. The van der Waals surface area contributed by atoms with Crippen molar-refractivity contribution in [2.45, 2.75) is 6.54 Å². The molecule has 76 valence electrons. The van der Waals surface area contributed by atoms with E-state index in [1.54, 1.807) is 6.20 Å². The average molecular weight is 265 g/mol. The Kier molecular flexibility index (Phi) is 3.03. The predicted molar refractivity (Wildman–Crippen MR) is 60.9 cm³/mol. The Balaban J connectivity index is 2.42. The highest BCUT2D eigenvalue weighted by molar-refractivity contribution is 9.10. The van der Waals surface area contributed by atoms with Crippen molar-refractivity contribution in [2.75, 3.05) is 0 Å². The van der Waals surface area contributed by atoms with Crippen LogP contribution in [0.5, 0.6) is 0 Å². The second-order valence-corrected chi connectivity index (χ2v) is 3.80. The lowest BCUT2D eigenvalue weighted by molar-refractivity contribution is 0.835. The molecule has 0 saturated heterocycles. The van der Waals surface area contributed by atoms with Crippen LogP contribution in [0.4, 0.5) is 0 Å². The van der Waals surface area contributed by atoms with E-state index < -0.39 is 0 Å². The topological polar surface area (TPSA) is 64.7 Å². The van der Waals surface area contributed by atoms with Crippen molar-refractivity contribution >= 4 is 15.9 Å². The summed E-state index contributed by atoms with van der Waals surface area (Å²) in [5.41, 5.74) is 7.10. The number of rotatable bonds is 2. The van der Waals surface area contributed by atoms with E-state index in [-0.39, 0.29) is 0 Å². The number of nitrogens with two attached hydrogens (primary N) is 1. The molecule has 0 fully saturated rings. The van der Waals surface area contributed by atoms with Gasteiger partial charge in [-0.3, -0.25) is 0 Å². The van der Waals surface area contributed by atoms with Crippen molar-refractivity contribution < 1.29 is 0 Å². The summed E-state index contributed by atoms with van der Waals surface area (Å²) in [5, 5.41) is 7.97. The van der Waals surface area contributed by atoms with Gasteiger partial charge in [0.2, 0.25) is 0 Å². The number of hydrogen-bond acceptors (Lipinski definition) is 4. The Bertz CT molecular complexity index is 455. The van der Waals surface area contributed by atoms with Crippen molar-refractivity contribution in [1.82, 2.24) is 15.2 Å². The lowest BCUT2D eigenvalue weighted by atomic mass is 10.2. The zero-order chi connectivity index (χ0) is 10.7. The molecule has 0 amide bonds. The van der Waals surface area contributed by atoms with Gasteiger partial charge in [-0.1, -0.05) is 34.1 Å². The number of aromatic nitrogens is 3. The summed E-state index contributed by atoms with van der Waals surface area (Å²) >= 11 is 3.45. The third-order valence-corrected chi connectivity index (χ3v) is 2.63. The van der Waals surface area contributed by atoms with Gasteiger partial charge in [-0.25, -0.2) is 4.98 Å². The van der Waals surface area contributed by atoms with Gasteiger partial charge in [0.25, 0.3) is 0 Å². The number of nitrogens with zero attached hydrogens (tertiary/aromatic N) is 3. The van der Waals surface area contributed by atoms with E-state index in [0.29, 0.717) is 12.4 Å². The Morgan fingerprint density at radius 2 is 2.00 bits per heavy atom. The van der Waals surface area contributed by atoms with Crippen molar-refractivity contribution in [1.29, 1.82) is 0 Å². The smallest absolute Gasteiger partial charge is 0.164 e. The summed E-state index contributed by atoms with van der Waals surface area (Å²) in [6, 6.07) is 7.80. The second-order valence-electron chi connectivity index (χ2n) is 2.94. The third-order valence-electron chi connectivity index (χ3n) is 1.94. The van der Waals surface area contributed by atoms with Crippen LogP contribution < -0.4 is 5.73 Å². The van der Waals surface area contributed by atoms with Crippen LogP contribution in [0.15, 0.2) is 34.9 Å². The molecule has 1 aromatic heterocycles. The van der Waals surface area contributed by atoms with E-state index in [9.17, 15) is 0 Å². The van der Waals surface area contributed by atoms with E-state index in [4.69, 9.17) is 5.73 Å². The van der Waals surface area contributed by atoms with Gasteiger partial charge >= 0.3 is 0 Å². The van der Waals surface area contributed by atoms with Gasteiger partial charge in [0.05, 0.1) is 12.7 Å². The van der Waals surface area contributed by atoms with Crippen LogP contribution in [-0.2, 0) is 6.54 Å². The summed E-state index contributed by atoms with van der Waals surface area (Å²) in [6.07, 6.45) is 1.68. The molecule has 0 atom stereocenters. The highest BCUT2D eigenvalue weighted by Crippen LogP contribution is 2.24. The molecule has 0 spiro atoms. The standard InChI is InChI=1S/C10H9BrN4/c11-8-4-2-1-3-7(8)9-6-13-10(5-12)15-14-9/h1-4,6H,5,12H2. The molecule has 5 heteroatoms. The first-order chi connectivity index (χ1) is 7.31. The molecule has 0 radical (unpaired) electrons. The molecular formula is C10H9BrN4. The minimum atomic E-state index is 0.309. The quantitative estimate of drug-likeness (QED) is 0.898. The Labute approximate surface area is 95.7 Å². The first-order valence-electron chi connectivity index (χ1n) is 4.45. The summed E-state index contributed by atoms with van der Waals surface area (Å²) in [6.45, 7) is 0.309. The lowest BCUT2D eigenvalue weighted by Gasteiger charge is -2.02. The SMILES string of the molecule is NCc1ncc(-c2ccccc2Br)nn1. The van der Waals surface area contributed by atoms with E-state index in [0.717, 1.165) is 15.7 Å². The van der Waals surface area contributed by atoms with Crippen LogP contribution in [0.25, 0.3) is 11.3 Å². The molecule has 4 nitrogen and oxygen atoms in total. The maximum absolute atomic E-state index is 5.39. The van der Waals surface area contributed by atoms with Crippen LogP contribution in [0.3, 0.4) is 0 Å². The van der Waals surface area contributed by atoms with Crippen LogP contribution >= 0.6 is 15.9 Å². The van der Waals surface area contributed by atoms with E-state index in [1.807, 2.05) is 24.3 Å². The fraction of sp³-hybridized carbons (Fsp3) is 0.100. The van der Waals surface area contributed by atoms with Gasteiger partial charge < -0.3 is 5.73 Å². The van der Waals surface area contributed by atoms with E-state index >= 15 is 0 Å². The Morgan fingerprint density at radius 1 is 1.20 bits per heavy atom. The van der Waals surface area contributed by atoms with Gasteiger partial charge in [-0.2, -0.15) is 0 Å². The highest BCUT2D eigenvalue weighted by Gasteiger charge is 2.04. The van der Waals surface area contributed by atoms with Gasteiger partial charge in [0.15, 0.2) is 5.82 Å². The molecular weight excluding hydrogens is 256 g/mol. The highest BCUT2D eigenvalue weighted by atomic mass is 79.9. The van der Waals surface area contributed by atoms with Crippen LogP contribution in [-0.4, -0.2) is 15.2 Å². The summed E-state index contributed by atoms with van der Waals surface area (Å²) < 4.78 is 0.974. The molecule has 1 heterocycles. The normalized spacial score (nSPS) is 10.3. The largest absolute Gasteiger partial charge is 0.324 e. The molecule has 2 aromatic rings. The van der Waals surface area contributed by atoms with Crippen LogP contribution in [0.1, 0.15) is 5.82 Å². The van der Waals surface area contributed by atoms with Gasteiger partial charge in [-0.05, 0) is 6.07 Å². The maximum Gasteiger partial charge on any atom is 0.164 e. The fourth-order valence-corrected chi connectivity index (χ4v) is 1.67. The van der Waals surface area contributed by atoms with Crippen LogP contribution in [0.2, 0.25) is 0 Å². The second kappa shape index (κ2) is 4.46. The predicted octanol–water partition coefficient (Wildman–Crippen LogP) is 1.76. The lowest BCUT2D eigenvalue weighted by Crippen LogP contribution is -2.04. The Morgan fingerprint density at radius 3 is 2.60 bits per heavy atom. The monoisotopic (exact) mass is 264 g/mol. The van der Waals surface area contributed by atoms with Crippen LogP contribution in [0, 0.1) is 0 Å². The van der Waals surface area contributed by atoms with Crippen molar-refractivity contribution in [3.8, 4) is 11.3 Å². The molecule has 0 saturated carbocycles. The first kappa shape index (κ1) is 10.2. The molecule has 1 aromatic carbocycles. The van der Waals surface area contributed by atoms with E-state index in [1.165, 1.54) is 0 Å². The summed E-state index contributed by atoms with van der Waals surface area (Å²) in [5.74, 6) is 0.547. The minimum absolute atomic E-state index is 0.309. The fourth-order valence-electron chi connectivity index (χ4n) is 1.18. The Hall–Kier alpha value is -1.33. The molecule has 0 aliphatic heterocycles. The molecule has 0 aliphatic carbocycles. The van der Waals surface area contributed by atoms with E-state index in [2.05, 4.69) is 31.1 Å². The minimum Gasteiger partial charge on any atom is -0.324 e. The summed E-state index contributed by atoms with van der Waals surface area (Å²) in [4.78, 5) is 4.10. The first-order valence-corrected chi connectivity index (χ1v) is 5.24. The van der Waals surface area contributed by atoms with Crippen molar-refractivity contribution in [3.63, 3.8) is 0 Å². The molecule has 2 rings (SSSR count). The maximum atomic E-state index is 5.39. The molecule has 15 heavy (non-hydrogen) atoms. The zero-order valence-corrected chi connectivity index (χ0v) is 9.48. The number of halogens is 1. The van der Waals surface area contributed by atoms with Gasteiger partial charge in [0.1, 0.15) is 5.69 Å². The van der Waals surface area contributed by atoms with Crippen molar-refractivity contribution in [2.24, 2.45) is 5.73 Å². The molecule has 0 aliphatic rings. The summed E-state index contributed by atoms with van der Waals surface area (Å²) in [7, 11) is 0. The molecule has 2 N–H and O–H groups in total. The van der Waals surface area contributed by atoms with Crippen molar-refractivity contribution in [3.05, 3.63) is 40.8 Å². The average Bonchev–Trinajstić information content (AvgIpc) is 2.30. The van der Waals surface area contributed by atoms with Gasteiger partial charge in [0, 0.05) is 10.0 Å². The number of benzene rings is 1. The number of hydrogen-bond donors (Lipinski definition) is 1. The molecule has 0 unspecified atom stereocenters. The van der Waals surface area contributed by atoms with Gasteiger partial charge in [-0.15, -0.1) is 10.2 Å². The zero-order valence-electron chi connectivity index (χ0n) is 7.89. The third kappa shape index (κ3) is 2.19.